The van der Waals surface area contributed by atoms with Crippen LogP contribution in [0.2, 0.25) is 0 Å². The number of ether oxygens (including phenoxy) is 1. The number of thiazole rings is 1. The number of piperazine rings is 1. The van der Waals surface area contributed by atoms with Crippen molar-refractivity contribution >= 4 is 33.2 Å². The van der Waals surface area contributed by atoms with Crippen molar-refractivity contribution in [3.63, 3.8) is 0 Å². The number of methoxy groups -OCH3 is 1. The molecule has 0 aliphatic carbocycles. The summed E-state index contributed by atoms with van der Waals surface area (Å²) in [6, 6.07) is 9.78. The van der Waals surface area contributed by atoms with Crippen LogP contribution in [0, 0.1) is 0 Å². The van der Waals surface area contributed by atoms with Gasteiger partial charge in [-0.1, -0.05) is 0 Å². The molecular formula is C21H21BrN4O2S. The molecule has 0 spiro atoms. The van der Waals surface area contributed by atoms with Crippen LogP contribution in [0.5, 0.6) is 5.75 Å². The molecule has 29 heavy (non-hydrogen) atoms. The molecule has 1 aliphatic heterocycles. The Morgan fingerprint density at radius 3 is 2.62 bits per heavy atom. The Balaban J connectivity index is 1.33. The SMILES string of the molecule is COc1ccc(-c2nc(CN3CCN(C(=O)c4cncc(Br)c4)CC3)cs2)cc1. The van der Waals surface area contributed by atoms with Gasteiger partial charge in [-0.15, -0.1) is 11.3 Å². The molecule has 3 heterocycles. The van der Waals surface area contributed by atoms with Crippen molar-refractivity contribution < 1.29 is 9.53 Å². The lowest BCUT2D eigenvalue weighted by atomic mass is 10.2. The summed E-state index contributed by atoms with van der Waals surface area (Å²) in [4.78, 5) is 25.8. The van der Waals surface area contributed by atoms with Gasteiger partial charge in [0.1, 0.15) is 10.8 Å². The molecule has 2 aromatic heterocycles. The second kappa shape index (κ2) is 9.02. The van der Waals surface area contributed by atoms with Gasteiger partial charge in [0.2, 0.25) is 0 Å². The predicted molar refractivity (Wildman–Crippen MR) is 117 cm³/mol. The van der Waals surface area contributed by atoms with E-state index in [1.807, 2.05) is 35.2 Å². The first-order valence-corrected chi connectivity index (χ1v) is 11.0. The van der Waals surface area contributed by atoms with Gasteiger partial charge in [-0.3, -0.25) is 14.7 Å². The lowest BCUT2D eigenvalue weighted by Crippen LogP contribution is -2.48. The van der Waals surface area contributed by atoms with Crippen LogP contribution < -0.4 is 4.74 Å². The first kappa shape index (κ1) is 20.0. The lowest BCUT2D eigenvalue weighted by Gasteiger charge is -2.34. The molecule has 150 valence electrons. The molecule has 8 heteroatoms. The van der Waals surface area contributed by atoms with E-state index in [2.05, 4.69) is 31.2 Å². The number of halogens is 1. The third kappa shape index (κ3) is 4.83. The highest BCUT2D eigenvalue weighted by molar-refractivity contribution is 9.10. The minimum Gasteiger partial charge on any atom is -0.497 e. The summed E-state index contributed by atoms with van der Waals surface area (Å²) in [5.74, 6) is 0.880. The van der Waals surface area contributed by atoms with E-state index in [0.717, 1.165) is 46.1 Å². The zero-order chi connectivity index (χ0) is 20.2. The number of aromatic nitrogens is 2. The van der Waals surface area contributed by atoms with Crippen LogP contribution in [0.3, 0.4) is 0 Å². The van der Waals surface area contributed by atoms with Crippen LogP contribution in [-0.2, 0) is 6.54 Å². The van der Waals surface area contributed by atoms with Gasteiger partial charge in [0, 0.05) is 60.5 Å². The third-order valence-electron chi connectivity index (χ3n) is 4.89. The topological polar surface area (TPSA) is 58.6 Å². The monoisotopic (exact) mass is 472 g/mol. The Kier molecular flexibility index (Phi) is 6.22. The quantitative estimate of drug-likeness (QED) is 0.562. The smallest absolute Gasteiger partial charge is 0.255 e. The molecular weight excluding hydrogens is 452 g/mol. The first-order chi connectivity index (χ1) is 14.1. The number of hydrogen-bond donors (Lipinski definition) is 0. The second-order valence-corrected chi connectivity index (χ2v) is 8.61. The normalized spacial score (nSPS) is 14.8. The highest BCUT2D eigenvalue weighted by atomic mass is 79.9. The molecule has 4 rings (SSSR count). The molecule has 0 radical (unpaired) electrons. The lowest BCUT2D eigenvalue weighted by molar-refractivity contribution is 0.0627. The van der Waals surface area contributed by atoms with E-state index < -0.39 is 0 Å². The van der Waals surface area contributed by atoms with Crippen LogP contribution in [-0.4, -0.2) is 59.0 Å². The zero-order valence-corrected chi connectivity index (χ0v) is 18.4. The number of pyridine rings is 1. The Morgan fingerprint density at radius 2 is 1.93 bits per heavy atom. The van der Waals surface area contributed by atoms with Crippen LogP contribution in [0.4, 0.5) is 0 Å². The second-order valence-electron chi connectivity index (χ2n) is 6.83. The van der Waals surface area contributed by atoms with Crippen molar-refractivity contribution in [2.75, 3.05) is 33.3 Å². The van der Waals surface area contributed by atoms with E-state index >= 15 is 0 Å². The summed E-state index contributed by atoms with van der Waals surface area (Å²) in [7, 11) is 1.67. The summed E-state index contributed by atoms with van der Waals surface area (Å²) in [6.45, 7) is 3.89. The molecule has 3 aromatic rings. The average Bonchev–Trinajstić information content (AvgIpc) is 3.22. The molecule has 6 nitrogen and oxygen atoms in total. The van der Waals surface area contributed by atoms with Gasteiger partial charge in [0.05, 0.1) is 18.4 Å². The highest BCUT2D eigenvalue weighted by Crippen LogP contribution is 2.26. The summed E-state index contributed by atoms with van der Waals surface area (Å²) in [6.07, 6.45) is 3.30. The largest absolute Gasteiger partial charge is 0.497 e. The fourth-order valence-electron chi connectivity index (χ4n) is 3.30. The fourth-order valence-corrected chi connectivity index (χ4v) is 4.48. The fraction of sp³-hybridized carbons (Fsp3) is 0.286. The van der Waals surface area contributed by atoms with Crippen molar-refractivity contribution in [3.05, 3.63) is 63.8 Å². The summed E-state index contributed by atoms with van der Waals surface area (Å²) in [5, 5.41) is 3.13. The van der Waals surface area contributed by atoms with Gasteiger partial charge in [-0.2, -0.15) is 0 Å². The number of nitrogens with zero attached hydrogens (tertiary/aromatic N) is 4. The molecule has 0 N–H and O–H groups in total. The van der Waals surface area contributed by atoms with Crippen molar-refractivity contribution in [1.82, 2.24) is 19.8 Å². The molecule has 0 bridgehead atoms. The van der Waals surface area contributed by atoms with E-state index in [9.17, 15) is 4.79 Å². The maximum Gasteiger partial charge on any atom is 0.255 e. The summed E-state index contributed by atoms with van der Waals surface area (Å²) >= 11 is 5.03. The standard InChI is InChI=1S/C21H21BrN4O2S/c1-28-19-4-2-15(3-5-19)20-24-18(14-29-20)13-25-6-8-26(9-7-25)21(27)16-10-17(22)12-23-11-16/h2-5,10-12,14H,6-9,13H2,1H3. The van der Waals surface area contributed by atoms with Crippen molar-refractivity contribution in [1.29, 1.82) is 0 Å². The van der Waals surface area contributed by atoms with Crippen LogP contribution in [0.25, 0.3) is 10.6 Å². The molecule has 1 amide bonds. The van der Waals surface area contributed by atoms with Gasteiger partial charge < -0.3 is 9.64 Å². The van der Waals surface area contributed by atoms with E-state index in [4.69, 9.17) is 9.72 Å². The Morgan fingerprint density at radius 1 is 1.17 bits per heavy atom. The van der Waals surface area contributed by atoms with Crippen molar-refractivity contribution in [3.8, 4) is 16.3 Å². The van der Waals surface area contributed by atoms with Gasteiger partial charge in [0.15, 0.2) is 0 Å². The molecule has 0 unspecified atom stereocenters. The molecule has 1 saturated heterocycles. The van der Waals surface area contributed by atoms with Gasteiger partial charge in [-0.25, -0.2) is 4.98 Å². The van der Waals surface area contributed by atoms with E-state index in [0.29, 0.717) is 18.7 Å². The van der Waals surface area contributed by atoms with Gasteiger partial charge in [-0.05, 0) is 46.3 Å². The number of hydrogen-bond acceptors (Lipinski definition) is 6. The Labute approximate surface area is 182 Å². The van der Waals surface area contributed by atoms with E-state index in [-0.39, 0.29) is 5.91 Å². The van der Waals surface area contributed by atoms with Crippen LogP contribution in [0.15, 0.2) is 52.6 Å². The zero-order valence-electron chi connectivity index (χ0n) is 16.0. The Hall–Kier alpha value is -2.29. The van der Waals surface area contributed by atoms with E-state index in [1.54, 1.807) is 30.8 Å². The molecule has 1 aliphatic rings. The number of carbonyl (C=O) groups is 1. The molecule has 1 aromatic carbocycles. The summed E-state index contributed by atoms with van der Waals surface area (Å²) < 4.78 is 6.03. The minimum atomic E-state index is 0.0360. The Bertz CT molecular complexity index is 984. The van der Waals surface area contributed by atoms with E-state index in [1.165, 1.54) is 0 Å². The molecule has 0 atom stereocenters. The molecule has 1 fully saturated rings. The number of rotatable bonds is 5. The van der Waals surface area contributed by atoms with Crippen LogP contribution >= 0.6 is 27.3 Å². The van der Waals surface area contributed by atoms with Crippen LogP contribution in [0.1, 0.15) is 16.1 Å². The maximum atomic E-state index is 12.6. The van der Waals surface area contributed by atoms with Gasteiger partial charge >= 0.3 is 0 Å². The van der Waals surface area contributed by atoms with Crippen molar-refractivity contribution in [2.45, 2.75) is 6.54 Å². The maximum absolute atomic E-state index is 12.6. The highest BCUT2D eigenvalue weighted by Gasteiger charge is 2.23. The predicted octanol–water partition coefficient (Wildman–Crippen LogP) is 3.93. The van der Waals surface area contributed by atoms with Gasteiger partial charge in [0.25, 0.3) is 5.91 Å². The minimum absolute atomic E-state index is 0.0360. The molecule has 0 saturated carbocycles. The average molecular weight is 473 g/mol. The number of amides is 1. The number of carbonyl (C=O) groups excluding carboxylic acids is 1. The number of benzene rings is 1. The third-order valence-corrected chi connectivity index (χ3v) is 6.26. The summed E-state index contributed by atoms with van der Waals surface area (Å²) in [5.41, 5.74) is 2.79. The van der Waals surface area contributed by atoms with Crippen molar-refractivity contribution in [2.24, 2.45) is 0 Å². The first-order valence-electron chi connectivity index (χ1n) is 9.33.